The van der Waals surface area contributed by atoms with Crippen LogP contribution in [0.15, 0.2) is 152 Å². The number of benzene rings is 7. The summed E-state index contributed by atoms with van der Waals surface area (Å²) >= 11 is 0. The molecule has 0 atom stereocenters. The summed E-state index contributed by atoms with van der Waals surface area (Å²) in [6.07, 6.45) is 0. The van der Waals surface area contributed by atoms with Crippen molar-refractivity contribution < 1.29 is 13.3 Å². The smallest absolute Gasteiger partial charge is 0.171 e. The Morgan fingerprint density at radius 3 is 1.40 bits per heavy atom. The predicted octanol–water partition coefficient (Wildman–Crippen LogP) is 11.0. The average Bonchev–Trinajstić information content (AvgIpc) is 3.19. The maximum absolute atomic E-state index is 15.5. The van der Waals surface area contributed by atoms with E-state index in [1.165, 1.54) is 24.3 Å². The highest BCUT2D eigenvalue weighted by molar-refractivity contribution is 7.85. The number of para-hydroxylation sites is 1. The van der Waals surface area contributed by atoms with Crippen molar-refractivity contribution in [2.75, 3.05) is 0 Å². The quantitative estimate of drug-likeness (QED) is 0.102. The zero-order valence-electron chi connectivity index (χ0n) is 28.4. The summed E-state index contributed by atoms with van der Waals surface area (Å²) < 4.78 is 44.0. The third-order valence-corrected chi connectivity index (χ3v) is 13.3. The molecular weight excluding hydrogens is 665 g/mol. The van der Waals surface area contributed by atoms with Crippen LogP contribution in [0.5, 0.6) is 0 Å². The fraction of sp³-hybridized carbons (Fsp3) is 0.0435. The summed E-state index contributed by atoms with van der Waals surface area (Å²) in [5, 5.41) is 7.98. The molecule has 2 aromatic heterocycles. The molecule has 0 N–H and O–H groups in total. The minimum atomic E-state index is -3.31. The molecule has 2 heterocycles. The van der Waals surface area contributed by atoms with Crippen molar-refractivity contribution in [3.63, 3.8) is 0 Å². The lowest BCUT2D eigenvalue weighted by Gasteiger charge is -2.23. The van der Waals surface area contributed by atoms with Gasteiger partial charge < -0.3 is 4.57 Å². The number of aryl methyl sites for hydroxylation is 2. The van der Waals surface area contributed by atoms with Gasteiger partial charge in [0.25, 0.3) is 0 Å². The van der Waals surface area contributed by atoms with Crippen LogP contribution < -0.4 is 15.9 Å². The first-order valence-corrected chi connectivity index (χ1v) is 18.9. The molecular formula is C46H31F2N2OP. The third-order valence-electron chi connectivity index (χ3n) is 10.2. The molecule has 0 saturated heterocycles. The number of rotatable bonds is 5. The molecule has 0 aliphatic heterocycles. The summed E-state index contributed by atoms with van der Waals surface area (Å²) in [7, 11) is -3.31. The van der Waals surface area contributed by atoms with E-state index in [0.717, 1.165) is 76.4 Å². The zero-order valence-corrected chi connectivity index (χ0v) is 29.3. The Bertz CT molecular complexity index is 2850. The van der Waals surface area contributed by atoms with Crippen LogP contribution in [0.4, 0.5) is 8.78 Å². The van der Waals surface area contributed by atoms with Crippen LogP contribution in [0.25, 0.3) is 65.9 Å². The number of aromatic nitrogens is 2. The van der Waals surface area contributed by atoms with Crippen molar-refractivity contribution in [3.05, 3.63) is 174 Å². The van der Waals surface area contributed by atoms with E-state index in [9.17, 15) is 8.78 Å². The van der Waals surface area contributed by atoms with E-state index in [4.69, 9.17) is 9.97 Å². The number of fused-ring (bicyclic) bond motifs is 6. The Balaban J connectivity index is 1.45. The van der Waals surface area contributed by atoms with Gasteiger partial charge in [0.05, 0.1) is 22.4 Å². The highest BCUT2D eigenvalue weighted by Gasteiger charge is 2.31. The molecule has 6 heteroatoms. The number of hydrogen-bond acceptors (Lipinski definition) is 3. The van der Waals surface area contributed by atoms with Crippen molar-refractivity contribution in [2.24, 2.45) is 0 Å². The molecule has 0 aliphatic rings. The SMILES string of the molecule is Cc1c2c(-c3ccc(F)cc3)nc3cc(P(=O)(c4ccccc4)c4ccccc4)ccc3c2c(C)c2c(-c3ccc(F)cc3)nc3ccccc3c12. The topological polar surface area (TPSA) is 42.9 Å². The molecule has 0 saturated carbocycles. The van der Waals surface area contributed by atoms with E-state index in [-0.39, 0.29) is 11.6 Å². The monoisotopic (exact) mass is 696 g/mol. The number of pyridine rings is 2. The second-order valence-electron chi connectivity index (χ2n) is 13.2. The Hall–Kier alpha value is -6.03. The Labute approximate surface area is 299 Å². The van der Waals surface area contributed by atoms with Crippen molar-refractivity contribution in [1.29, 1.82) is 0 Å². The Kier molecular flexibility index (Phi) is 7.57. The number of nitrogens with zero attached hydrogens (tertiary/aromatic N) is 2. The molecule has 0 aliphatic carbocycles. The first-order valence-electron chi connectivity index (χ1n) is 17.2. The molecule has 9 aromatic rings. The first-order chi connectivity index (χ1) is 25.3. The lowest BCUT2D eigenvalue weighted by molar-refractivity contribution is 0.592. The fourth-order valence-electron chi connectivity index (χ4n) is 7.78. The van der Waals surface area contributed by atoms with Gasteiger partial charge in [-0.3, -0.25) is 0 Å². The van der Waals surface area contributed by atoms with E-state index in [1.54, 1.807) is 24.3 Å². The molecule has 7 aromatic carbocycles. The number of halogens is 2. The van der Waals surface area contributed by atoms with Gasteiger partial charge in [-0.1, -0.05) is 91.0 Å². The van der Waals surface area contributed by atoms with Crippen LogP contribution in [0, 0.1) is 25.5 Å². The maximum Gasteiger partial charge on any atom is 0.171 e. The summed E-state index contributed by atoms with van der Waals surface area (Å²) in [6.45, 7) is 4.22. The van der Waals surface area contributed by atoms with Gasteiger partial charge in [-0.05, 0) is 96.4 Å². The van der Waals surface area contributed by atoms with Gasteiger partial charge in [-0.25, -0.2) is 18.7 Å². The highest BCUT2D eigenvalue weighted by atomic mass is 31.2. The van der Waals surface area contributed by atoms with E-state index in [2.05, 4.69) is 19.9 Å². The van der Waals surface area contributed by atoms with E-state index >= 15 is 4.57 Å². The van der Waals surface area contributed by atoms with Crippen LogP contribution in [0.1, 0.15) is 11.1 Å². The standard InChI is InChI=1S/C46H31F2N2OP/c1-28-41-37-15-9-10-16-39(37)49-45(30-17-21-32(47)22-18-30)43(41)29(2)42-38-26-25-36(27-40(38)50-46(44(28)42)31-19-23-33(48)24-20-31)52(51,34-11-5-3-6-12-34)35-13-7-4-8-14-35/h3-27H,1-2H3. The predicted molar refractivity (Wildman–Crippen MR) is 212 cm³/mol. The van der Waals surface area contributed by atoms with Crippen molar-refractivity contribution >= 4 is 66.4 Å². The molecule has 250 valence electrons. The van der Waals surface area contributed by atoms with Gasteiger partial charge in [0.2, 0.25) is 0 Å². The van der Waals surface area contributed by atoms with Crippen LogP contribution in [-0.2, 0) is 4.57 Å². The largest absolute Gasteiger partial charge is 0.309 e. The summed E-state index contributed by atoms with van der Waals surface area (Å²) in [4.78, 5) is 10.5. The van der Waals surface area contributed by atoms with E-state index in [0.29, 0.717) is 16.5 Å². The minimum absolute atomic E-state index is 0.313. The zero-order chi connectivity index (χ0) is 35.6. The van der Waals surface area contributed by atoms with Gasteiger partial charge in [-0.2, -0.15) is 0 Å². The third kappa shape index (κ3) is 4.96. The minimum Gasteiger partial charge on any atom is -0.309 e. The van der Waals surface area contributed by atoms with Gasteiger partial charge >= 0.3 is 0 Å². The molecule has 0 amide bonds. The fourth-order valence-corrected chi connectivity index (χ4v) is 10.4. The van der Waals surface area contributed by atoms with E-state index in [1.807, 2.05) is 97.1 Å². The summed E-state index contributed by atoms with van der Waals surface area (Å²) in [5.74, 6) is -0.644. The normalized spacial score (nSPS) is 11.9. The molecule has 0 fully saturated rings. The van der Waals surface area contributed by atoms with E-state index < -0.39 is 7.14 Å². The second kappa shape index (κ2) is 12.3. The van der Waals surface area contributed by atoms with Crippen molar-refractivity contribution in [1.82, 2.24) is 9.97 Å². The molecule has 0 spiro atoms. The molecule has 52 heavy (non-hydrogen) atoms. The Morgan fingerprint density at radius 2 is 0.885 bits per heavy atom. The summed E-state index contributed by atoms with van der Waals surface area (Å²) in [5.41, 5.74) is 6.56. The Morgan fingerprint density at radius 1 is 0.442 bits per heavy atom. The second-order valence-corrected chi connectivity index (χ2v) is 16.0. The van der Waals surface area contributed by atoms with Gasteiger partial charge in [-0.15, -0.1) is 0 Å². The van der Waals surface area contributed by atoms with Gasteiger partial charge in [0.1, 0.15) is 11.6 Å². The van der Waals surface area contributed by atoms with Gasteiger partial charge in [0, 0.05) is 48.6 Å². The lowest BCUT2D eigenvalue weighted by atomic mass is 9.86. The van der Waals surface area contributed by atoms with Crippen LogP contribution in [0.2, 0.25) is 0 Å². The molecule has 9 rings (SSSR count). The molecule has 0 bridgehead atoms. The highest BCUT2D eigenvalue weighted by Crippen LogP contribution is 2.47. The van der Waals surface area contributed by atoms with Crippen LogP contribution >= 0.6 is 7.14 Å². The lowest BCUT2D eigenvalue weighted by Crippen LogP contribution is -2.25. The van der Waals surface area contributed by atoms with Crippen molar-refractivity contribution in [3.8, 4) is 22.5 Å². The number of hydrogen-bond donors (Lipinski definition) is 0. The van der Waals surface area contributed by atoms with Crippen LogP contribution in [-0.4, -0.2) is 9.97 Å². The van der Waals surface area contributed by atoms with Crippen molar-refractivity contribution in [2.45, 2.75) is 13.8 Å². The van der Waals surface area contributed by atoms with Crippen LogP contribution in [0.3, 0.4) is 0 Å². The maximum atomic E-state index is 15.5. The molecule has 0 unspecified atom stereocenters. The first kappa shape index (κ1) is 31.9. The average molecular weight is 697 g/mol. The molecule has 0 radical (unpaired) electrons. The molecule has 3 nitrogen and oxygen atoms in total. The van der Waals surface area contributed by atoms with Gasteiger partial charge in [0.15, 0.2) is 7.14 Å². The summed E-state index contributed by atoms with van der Waals surface area (Å²) in [6, 6.07) is 46.1.